The normalized spacial score (nSPS) is 25.4. The quantitative estimate of drug-likeness (QED) is 0.785. The molecule has 0 aromatic carbocycles. The van der Waals surface area contributed by atoms with Crippen molar-refractivity contribution in [2.75, 3.05) is 0 Å². The molecule has 1 fully saturated rings. The Kier molecular flexibility index (Phi) is 4.57. The third-order valence-electron chi connectivity index (χ3n) is 3.08. The molecule has 1 amide bonds. The van der Waals surface area contributed by atoms with Gasteiger partial charge in [0.1, 0.15) is 0 Å². The second kappa shape index (κ2) is 5.38. The van der Waals surface area contributed by atoms with E-state index in [1.165, 1.54) is 5.32 Å². The fourth-order valence-corrected chi connectivity index (χ4v) is 1.86. The van der Waals surface area contributed by atoms with Crippen LogP contribution in [0, 0.1) is 0 Å². The number of aliphatic hydroxyl groups excluding tert-OH is 1. The van der Waals surface area contributed by atoms with Crippen LogP contribution in [0.3, 0.4) is 0 Å². The molecule has 3 nitrogen and oxygen atoms in total. The smallest absolute Gasteiger partial charge is 0.391 e. The van der Waals surface area contributed by atoms with E-state index in [9.17, 15) is 40.6 Å². The number of rotatable bonds is 3. The van der Waals surface area contributed by atoms with E-state index >= 15 is 0 Å². The molecule has 2 atom stereocenters. The van der Waals surface area contributed by atoms with Crippen molar-refractivity contribution in [2.45, 2.75) is 55.9 Å². The van der Waals surface area contributed by atoms with E-state index in [2.05, 4.69) is 0 Å². The highest BCUT2D eigenvalue weighted by atomic mass is 19.4. The number of halogens is 7. The van der Waals surface area contributed by atoms with Gasteiger partial charge in [-0.2, -0.15) is 30.7 Å². The highest BCUT2D eigenvalue weighted by molar-refractivity contribution is 5.85. The molecule has 0 radical (unpaired) electrons. The van der Waals surface area contributed by atoms with Crippen molar-refractivity contribution >= 4 is 5.91 Å². The van der Waals surface area contributed by atoms with Crippen molar-refractivity contribution in [3.8, 4) is 0 Å². The van der Waals surface area contributed by atoms with Gasteiger partial charge >= 0.3 is 18.0 Å². The minimum atomic E-state index is -6.56. The highest BCUT2D eigenvalue weighted by Crippen LogP contribution is 2.46. The van der Waals surface area contributed by atoms with Crippen LogP contribution in [0.15, 0.2) is 0 Å². The summed E-state index contributed by atoms with van der Waals surface area (Å²) in [5, 5.41) is 10.7. The Morgan fingerprint density at radius 3 is 1.95 bits per heavy atom. The zero-order valence-corrected chi connectivity index (χ0v) is 9.98. The van der Waals surface area contributed by atoms with E-state index in [-0.39, 0.29) is 12.8 Å². The third kappa shape index (κ3) is 2.99. The van der Waals surface area contributed by atoms with Crippen molar-refractivity contribution in [3.05, 3.63) is 0 Å². The molecule has 1 aliphatic carbocycles. The number of carbonyl (C=O) groups is 1. The number of carbonyl (C=O) groups excluding carboxylic acids is 1. The minimum Gasteiger partial charge on any atom is -0.391 e. The Bertz CT molecular complexity index is 369. The summed E-state index contributed by atoms with van der Waals surface area (Å²) in [6, 6.07) is -1.26. The van der Waals surface area contributed by atoms with E-state index in [0.717, 1.165) is 0 Å². The average molecular weight is 311 g/mol. The fraction of sp³-hybridized carbons (Fsp3) is 0.900. The second-order valence-electron chi connectivity index (χ2n) is 4.58. The van der Waals surface area contributed by atoms with Crippen molar-refractivity contribution in [1.29, 1.82) is 0 Å². The lowest BCUT2D eigenvalue weighted by molar-refractivity contribution is -0.344. The first-order valence-electron chi connectivity index (χ1n) is 5.72. The van der Waals surface area contributed by atoms with Gasteiger partial charge in [-0.3, -0.25) is 4.79 Å². The van der Waals surface area contributed by atoms with E-state index in [4.69, 9.17) is 0 Å². The van der Waals surface area contributed by atoms with Crippen molar-refractivity contribution in [2.24, 2.45) is 0 Å². The Morgan fingerprint density at radius 2 is 1.50 bits per heavy atom. The zero-order valence-electron chi connectivity index (χ0n) is 9.98. The fourth-order valence-electron chi connectivity index (χ4n) is 1.86. The van der Waals surface area contributed by atoms with Gasteiger partial charge in [-0.1, -0.05) is 12.8 Å². The monoisotopic (exact) mass is 311 g/mol. The maximum atomic E-state index is 13.0. The van der Waals surface area contributed by atoms with Gasteiger partial charge in [-0.05, 0) is 12.8 Å². The molecule has 10 heteroatoms. The summed E-state index contributed by atoms with van der Waals surface area (Å²) in [4.78, 5) is 11.0. The molecule has 0 spiro atoms. The van der Waals surface area contributed by atoms with Crippen molar-refractivity contribution < 1.29 is 40.6 Å². The summed E-state index contributed by atoms with van der Waals surface area (Å²) in [6.45, 7) is 0. The lowest BCUT2D eigenvalue weighted by Gasteiger charge is -2.32. The van der Waals surface area contributed by atoms with Gasteiger partial charge in [-0.15, -0.1) is 0 Å². The van der Waals surface area contributed by atoms with Crippen LogP contribution in [0.25, 0.3) is 0 Å². The van der Waals surface area contributed by atoms with Gasteiger partial charge in [0.15, 0.2) is 0 Å². The zero-order chi connectivity index (χ0) is 15.8. The van der Waals surface area contributed by atoms with Crippen molar-refractivity contribution in [1.82, 2.24) is 5.32 Å². The third-order valence-corrected chi connectivity index (χ3v) is 3.08. The summed E-state index contributed by atoms with van der Waals surface area (Å²) in [6.07, 6.45) is -6.65. The van der Waals surface area contributed by atoms with Gasteiger partial charge in [-0.25, -0.2) is 0 Å². The van der Waals surface area contributed by atoms with Gasteiger partial charge < -0.3 is 10.4 Å². The number of hydrogen-bond acceptors (Lipinski definition) is 2. The lowest BCUT2D eigenvalue weighted by Crippen LogP contribution is -2.61. The van der Waals surface area contributed by atoms with Crippen LogP contribution in [0.5, 0.6) is 0 Å². The molecule has 0 saturated heterocycles. The standard InChI is InChI=1S/C10H12F7NO2/c11-8(12,9(13,14)10(15,16)17)7(20)18-5-3-1-2-4-6(5)19/h5-6,19H,1-4H2,(H,18,20)/t5-,6-/m0/s1. The summed E-state index contributed by atoms with van der Waals surface area (Å²) in [5.74, 6) is -15.2. The molecule has 20 heavy (non-hydrogen) atoms. The maximum Gasteiger partial charge on any atom is 0.460 e. The molecule has 0 bridgehead atoms. The SMILES string of the molecule is O=C(N[C@H]1CCCC[C@@H]1O)C(F)(F)C(F)(F)C(F)(F)F. The van der Waals surface area contributed by atoms with E-state index < -0.39 is 36.1 Å². The molecule has 0 aliphatic heterocycles. The molecule has 118 valence electrons. The van der Waals surface area contributed by atoms with Gasteiger partial charge in [0.25, 0.3) is 5.91 Å². The van der Waals surface area contributed by atoms with Gasteiger partial charge in [0.2, 0.25) is 0 Å². The number of alkyl halides is 7. The van der Waals surface area contributed by atoms with Crippen LogP contribution >= 0.6 is 0 Å². The first-order valence-corrected chi connectivity index (χ1v) is 5.72. The number of hydrogen-bond donors (Lipinski definition) is 2. The first kappa shape index (κ1) is 17.0. The topological polar surface area (TPSA) is 49.3 Å². The van der Waals surface area contributed by atoms with Crippen LogP contribution in [-0.4, -0.2) is 41.2 Å². The van der Waals surface area contributed by atoms with Crippen LogP contribution in [0.2, 0.25) is 0 Å². The highest BCUT2D eigenvalue weighted by Gasteiger charge is 2.76. The predicted octanol–water partition coefficient (Wildman–Crippen LogP) is 2.24. The Labute approximate surface area is 109 Å². The molecular weight excluding hydrogens is 299 g/mol. The molecule has 0 aromatic heterocycles. The minimum absolute atomic E-state index is 0.0283. The number of aliphatic hydroxyl groups is 1. The first-order chi connectivity index (χ1) is 8.91. The molecule has 1 rings (SSSR count). The molecule has 1 aliphatic rings. The Hall–Kier alpha value is -1.06. The average Bonchev–Trinajstić information content (AvgIpc) is 2.30. The van der Waals surface area contributed by atoms with Crippen LogP contribution < -0.4 is 5.32 Å². The summed E-state index contributed by atoms with van der Waals surface area (Å²) in [5.41, 5.74) is 0. The molecule has 1 saturated carbocycles. The molecular formula is C10H12F7NO2. The van der Waals surface area contributed by atoms with Gasteiger partial charge in [0, 0.05) is 0 Å². The summed E-state index contributed by atoms with van der Waals surface area (Å²) >= 11 is 0. The maximum absolute atomic E-state index is 13.0. The van der Waals surface area contributed by atoms with E-state index in [0.29, 0.717) is 12.8 Å². The number of amides is 1. The van der Waals surface area contributed by atoms with Crippen LogP contribution in [0.1, 0.15) is 25.7 Å². The van der Waals surface area contributed by atoms with Gasteiger partial charge in [0.05, 0.1) is 12.1 Å². The van der Waals surface area contributed by atoms with E-state index in [1.54, 1.807) is 0 Å². The number of nitrogens with one attached hydrogen (secondary N) is 1. The summed E-state index contributed by atoms with van der Waals surface area (Å²) in [7, 11) is 0. The second-order valence-corrected chi connectivity index (χ2v) is 4.58. The molecule has 0 aromatic rings. The summed E-state index contributed by atoms with van der Waals surface area (Å²) < 4.78 is 86.9. The van der Waals surface area contributed by atoms with Crippen LogP contribution in [-0.2, 0) is 4.79 Å². The lowest BCUT2D eigenvalue weighted by atomic mass is 9.92. The van der Waals surface area contributed by atoms with Crippen LogP contribution in [0.4, 0.5) is 30.7 Å². The Balaban J connectivity index is 2.84. The molecule has 2 N–H and O–H groups in total. The molecule has 0 unspecified atom stereocenters. The molecule has 0 heterocycles. The van der Waals surface area contributed by atoms with E-state index in [1.807, 2.05) is 0 Å². The Morgan fingerprint density at radius 1 is 1.00 bits per heavy atom. The van der Waals surface area contributed by atoms with Crippen molar-refractivity contribution in [3.63, 3.8) is 0 Å². The largest absolute Gasteiger partial charge is 0.460 e. The predicted molar refractivity (Wildman–Crippen MR) is 52.4 cm³/mol.